The largest absolute Gasteiger partial charge is 0.303 e. The fourth-order valence-electron chi connectivity index (χ4n) is 1.83. The van der Waals surface area contributed by atoms with Crippen LogP contribution in [0.4, 0.5) is 0 Å². The van der Waals surface area contributed by atoms with E-state index in [1.54, 1.807) is 0 Å². The number of nitrogens with zero attached hydrogens (tertiary/aromatic N) is 1. The molecule has 0 aromatic rings. The predicted octanol–water partition coefficient (Wildman–Crippen LogP) is 3.04. The lowest BCUT2D eigenvalue weighted by Crippen LogP contribution is -2.27. The molecule has 1 aliphatic rings. The molecule has 0 aromatic carbocycles. The summed E-state index contributed by atoms with van der Waals surface area (Å²) in [6, 6.07) is 0. The second-order valence-electron chi connectivity index (χ2n) is 3.65. The minimum Gasteiger partial charge on any atom is -0.303 e. The SMILES string of the molecule is BrCCN1CCCCCCCC1. The molecule has 2 heteroatoms. The van der Waals surface area contributed by atoms with Crippen molar-refractivity contribution in [1.82, 2.24) is 4.90 Å². The molecule has 0 bridgehead atoms. The summed E-state index contributed by atoms with van der Waals surface area (Å²) in [5.74, 6) is 0. The molecule has 0 aromatic heterocycles. The highest BCUT2D eigenvalue weighted by molar-refractivity contribution is 9.09. The van der Waals surface area contributed by atoms with Crippen LogP contribution in [0.2, 0.25) is 0 Å². The van der Waals surface area contributed by atoms with E-state index in [4.69, 9.17) is 0 Å². The van der Waals surface area contributed by atoms with Gasteiger partial charge in [0, 0.05) is 11.9 Å². The summed E-state index contributed by atoms with van der Waals surface area (Å²) >= 11 is 3.51. The number of halogens is 1. The van der Waals surface area contributed by atoms with Crippen LogP contribution in [0.15, 0.2) is 0 Å². The summed E-state index contributed by atoms with van der Waals surface area (Å²) in [7, 11) is 0. The highest BCUT2D eigenvalue weighted by atomic mass is 79.9. The molecule has 0 radical (unpaired) electrons. The van der Waals surface area contributed by atoms with Crippen molar-refractivity contribution in [2.24, 2.45) is 0 Å². The van der Waals surface area contributed by atoms with Gasteiger partial charge in [-0.05, 0) is 25.9 Å². The second-order valence-corrected chi connectivity index (χ2v) is 4.44. The first-order valence-electron chi connectivity index (χ1n) is 5.22. The quantitative estimate of drug-likeness (QED) is 0.664. The van der Waals surface area contributed by atoms with Crippen LogP contribution >= 0.6 is 15.9 Å². The zero-order chi connectivity index (χ0) is 8.65. The fourth-order valence-corrected chi connectivity index (χ4v) is 2.33. The molecule has 0 saturated carbocycles. The van der Waals surface area contributed by atoms with Gasteiger partial charge in [0.1, 0.15) is 0 Å². The molecule has 0 N–H and O–H groups in total. The molecule has 72 valence electrons. The molecule has 0 unspecified atom stereocenters. The Morgan fingerprint density at radius 3 is 1.83 bits per heavy atom. The van der Waals surface area contributed by atoms with Gasteiger partial charge >= 0.3 is 0 Å². The third-order valence-corrected chi connectivity index (χ3v) is 2.95. The molecular weight excluding hydrogens is 214 g/mol. The van der Waals surface area contributed by atoms with Crippen LogP contribution in [0.1, 0.15) is 38.5 Å². The van der Waals surface area contributed by atoms with Crippen molar-refractivity contribution in [2.75, 3.05) is 25.0 Å². The summed E-state index contributed by atoms with van der Waals surface area (Å²) in [4.78, 5) is 2.60. The second kappa shape index (κ2) is 6.90. The van der Waals surface area contributed by atoms with Gasteiger partial charge in [0.15, 0.2) is 0 Å². The van der Waals surface area contributed by atoms with Crippen molar-refractivity contribution < 1.29 is 0 Å². The van der Waals surface area contributed by atoms with Gasteiger partial charge in [0.2, 0.25) is 0 Å². The Kier molecular flexibility index (Phi) is 6.05. The highest BCUT2D eigenvalue weighted by Crippen LogP contribution is 2.10. The van der Waals surface area contributed by atoms with Crippen molar-refractivity contribution in [1.29, 1.82) is 0 Å². The Morgan fingerprint density at radius 2 is 1.33 bits per heavy atom. The predicted molar refractivity (Wildman–Crippen MR) is 57.9 cm³/mol. The average molecular weight is 234 g/mol. The van der Waals surface area contributed by atoms with E-state index in [1.165, 1.54) is 58.2 Å². The van der Waals surface area contributed by atoms with Crippen LogP contribution in [-0.2, 0) is 0 Å². The van der Waals surface area contributed by atoms with Crippen molar-refractivity contribution >= 4 is 15.9 Å². The van der Waals surface area contributed by atoms with E-state index in [1.807, 2.05) is 0 Å². The first kappa shape index (κ1) is 10.5. The Labute approximate surface area is 84.6 Å². The number of hydrogen-bond acceptors (Lipinski definition) is 1. The van der Waals surface area contributed by atoms with Gasteiger partial charge in [-0.25, -0.2) is 0 Å². The summed E-state index contributed by atoms with van der Waals surface area (Å²) in [5.41, 5.74) is 0. The maximum absolute atomic E-state index is 3.51. The van der Waals surface area contributed by atoms with Gasteiger partial charge in [-0.15, -0.1) is 0 Å². The Bertz CT molecular complexity index is 96.0. The highest BCUT2D eigenvalue weighted by Gasteiger charge is 2.05. The third kappa shape index (κ3) is 4.46. The van der Waals surface area contributed by atoms with Crippen LogP contribution in [0.25, 0.3) is 0 Å². The monoisotopic (exact) mass is 233 g/mol. The lowest BCUT2D eigenvalue weighted by atomic mass is 10.1. The molecule has 0 atom stereocenters. The molecule has 1 aliphatic heterocycles. The van der Waals surface area contributed by atoms with Gasteiger partial charge in [-0.2, -0.15) is 0 Å². The maximum atomic E-state index is 3.51. The lowest BCUT2D eigenvalue weighted by molar-refractivity contribution is 0.286. The third-order valence-electron chi connectivity index (χ3n) is 2.60. The van der Waals surface area contributed by atoms with E-state index >= 15 is 0 Å². The van der Waals surface area contributed by atoms with E-state index in [9.17, 15) is 0 Å². The zero-order valence-corrected chi connectivity index (χ0v) is 9.48. The zero-order valence-electron chi connectivity index (χ0n) is 7.90. The molecule has 12 heavy (non-hydrogen) atoms. The van der Waals surface area contributed by atoms with Crippen LogP contribution in [0.3, 0.4) is 0 Å². The first-order chi connectivity index (χ1) is 5.93. The number of rotatable bonds is 2. The number of alkyl halides is 1. The molecule has 0 aliphatic carbocycles. The Hall–Kier alpha value is 0.440. The van der Waals surface area contributed by atoms with Gasteiger partial charge in [-0.1, -0.05) is 41.6 Å². The van der Waals surface area contributed by atoms with Crippen molar-refractivity contribution in [3.05, 3.63) is 0 Å². The molecule has 1 heterocycles. The van der Waals surface area contributed by atoms with Crippen molar-refractivity contribution in [3.63, 3.8) is 0 Å². The van der Waals surface area contributed by atoms with Crippen molar-refractivity contribution in [3.8, 4) is 0 Å². The minimum atomic E-state index is 1.13. The van der Waals surface area contributed by atoms with E-state index in [0.29, 0.717) is 0 Å². The minimum absolute atomic E-state index is 1.13. The molecule has 1 nitrogen and oxygen atoms in total. The Balaban J connectivity index is 2.19. The topological polar surface area (TPSA) is 3.24 Å². The van der Waals surface area contributed by atoms with Gasteiger partial charge in [0.05, 0.1) is 0 Å². The standard InChI is InChI=1S/C10H20BrN/c11-7-10-12-8-5-3-1-2-4-6-9-12/h1-10H2. The molecule has 0 spiro atoms. The molecule has 1 saturated heterocycles. The van der Waals surface area contributed by atoms with Crippen molar-refractivity contribution in [2.45, 2.75) is 38.5 Å². The summed E-state index contributed by atoms with van der Waals surface area (Å²) < 4.78 is 0. The van der Waals surface area contributed by atoms with Gasteiger partial charge in [0.25, 0.3) is 0 Å². The van der Waals surface area contributed by atoms with Crippen LogP contribution in [-0.4, -0.2) is 29.9 Å². The molecule has 1 fully saturated rings. The summed E-state index contributed by atoms with van der Waals surface area (Å²) in [6.07, 6.45) is 8.63. The summed E-state index contributed by atoms with van der Waals surface area (Å²) in [5, 5.41) is 1.13. The fraction of sp³-hybridized carbons (Fsp3) is 1.00. The molecule has 1 rings (SSSR count). The van der Waals surface area contributed by atoms with Crippen LogP contribution < -0.4 is 0 Å². The number of hydrogen-bond donors (Lipinski definition) is 0. The van der Waals surface area contributed by atoms with E-state index in [-0.39, 0.29) is 0 Å². The average Bonchev–Trinajstić information content (AvgIpc) is 2.19. The molecule has 0 amide bonds. The smallest absolute Gasteiger partial charge is 0.0159 e. The summed E-state index contributed by atoms with van der Waals surface area (Å²) in [6.45, 7) is 3.89. The van der Waals surface area contributed by atoms with E-state index in [0.717, 1.165) is 5.33 Å². The van der Waals surface area contributed by atoms with E-state index in [2.05, 4.69) is 20.8 Å². The van der Waals surface area contributed by atoms with Gasteiger partial charge in [-0.3, -0.25) is 0 Å². The molecular formula is C10H20BrN. The van der Waals surface area contributed by atoms with Crippen LogP contribution in [0.5, 0.6) is 0 Å². The lowest BCUT2D eigenvalue weighted by Gasteiger charge is -2.19. The van der Waals surface area contributed by atoms with Gasteiger partial charge < -0.3 is 4.90 Å². The first-order valence-corrected chi connectivity index (χ1v) is 6.34. The maximum Gasteiger partial charge on any atom is 0.0159 e. The Morgan fingerprint density at radius 1 is 0.833 bits per heavy atom. The van der Waals surface area contributed by atoms with E-state index < -0.39 is 0 Å². The normalized spacial score (nSPS) is 22.8. The van der Waals surface area contributed by atoms with Crippen LogP contribution in [0, 0.1) is 0 Å².